The van der Waals surface area contributed by atoms with Crippen LogP contribution >= 0.6 is 12.2 Å². The zero-order chi connectivity index (χ0) is 13.1. The van der Waals surface area contributed by atoms with E-state index in [1.807, 2.05) is 19.1 Å². The van der Waals surface area contributed by atoms with Crippen molar-refractivity contribution < 1.29 is 0 Å². The molecule has 0 saturated carbocycles. The average Bonchev–Trinajstić information content (AvgIpc) is 2.34. The van der Waals surface area contributed by atoms with Gasteiger partial charge in [-0.25, -0.2) is 0 Å². The summed E-state index contributed by atoms with van der Waals surface area (Å²) in [6.45, 7) is 6.23. The first-order valence-corrected chi connectivity index (χ1v) is 6.27. The topological polar surface area (TPSA) is 53.6 Å². The third-order valence-corrected chi connectivity index (χ3v) is 2.90. The van der Waals surface area contributed by atoms with Crippen molar-refractivity contribution in [1.29, 1.82) is 0 Å². The fourth-order valence-corrected chi connectivity index (χ4v) is 1.74. The van der Waals surface area contributed by atoms with E-state index in [1.54, 1.807) is 0 Å². The Morgan fingerprint density at radius 2 is 1.89 bits per heavy atom. The average molecular weight is 260 g/mol. The minimum Gasteiger partial charge on any atom is -0.339 e. The Balaban J connectivity index is 2.23. The Morgan fingerprint density at radius 1 is 1.22 bits per heavy atom. The number of nitrogens with zero attached hydrogens (tertiary/aromatic N) is 2. The van der Waals surface area contributed by atoms with Crippen molar-refractivity contribution in [2.24, 2.45) is 0 Å². The normalized spacial score (nSPS) is 10.7. The lowest BCUT2D eigenvalue weighted by molar-refractivity contribution is 0.867. The summed E-state index contributed by atoms with van der Waals surface area (Å²) in [5.74, 6) is 1.22. The van der Waals surface area contributed by atoms with Crippen LogP contribution in [0.1, 0.15) is 31.0 Å². The van der Waals surface area contributed by atoms with E-state index in [-0.39, 0.29) is 0 Å². The molecule has 0 radical (unpaired) electrons. The fraction of sp³-hybridized carbons (Fsp3) is 0.308. The van der Waals surface area contributed by atoms with Crippen molar-refractivity contribution in [2.75, 3.05) is 5.32 Å². The molecular weight excluding hydrogens is 244 g/mol. The molecule has 0 aliphatic rings. The Hall–Kier alpha value is -1.75. The highest BCUT2D eigenvalue weighted by Crippen LogP contribution is 2.20. The molecule has 1 aromatic carbocycles. The van der Waals surface area contributed by atoms with Crippen LogP contribution in [0, 0.1) is 11.7 Å². The van der Waals surface area contributed by atoms with Crippen molar-refractivity contribution in [3.8, 4) is 0 Å². The van der Waals surface area contributed by atoms with Crippen molar-refractivity contribution in [3.63, 3.8) is 0 Å². The molecule has 2 aromatic rings. The fourth-order valence-electron chi connectivity index (χ4n) is 1.60. The van der Waals surface area contributed by atoms with Gasteiger partial charge in [0.1, 0.15) is 5.69 Å². The summed E-state index contributed by atoms with van der Waals surface area (Å²) in [6, 6.07) is 8.30. The summed E-state index contributed by atoms with van der Waals surface area (Å²) in [5.41, 5.74) is 3.09. The molecule has 1 heterocycles. The molecule has 4 nitrogen and oxygen atoms in total. The molecule has 94 valence electrons. The lowest BCUT2D eigenvalue weighted by Gasteiger charge is -2.09. The van der Waals surface area contributed by atoms with Gasteiger partial charge in [0, 0.05) is 5.69 Å². The van der Waals surface area contributed by atoms with Crippen LogP contribution in [0.15, 0.2) is 24.3 Å². The predicted octanol–water partition coefficient (Wildman–Crippen LogP) is 3.71. The quantitative estimate of drug-likeness (QED) is 0.826. The van der Waals surface area contributed by atoms with Crippen LogP contribution in [0.2, 0.25) is 0 Å². The van der Waals surface area contributed by atoms with E-state index in [2.05, 4.69) is 46.5 Å². The molecule has 18 heavy (non-hydrogen) atoms. The van der Waals surface area contributed by atoms with E-state index in [0.717, 1.165) is 11.4 Å². The molecule has 2 N–H and O–H groups in total. The highest BCUT2D eigenvalue weighted by molar-refractivity contribution is 7.71. The molecule has 0 unspecified atom stereocenters. The first-order valence-electron chi connectivity index (χ1n) is 5.86. The monoisotopic (exact) mass is 260 g/mol. The molecule has 0 amide bonds. The molecule has 0 saturated heterocycles. The highest BCUT2D eigenvalue weighted by atomic mass is 32.1. The summed E-state index contributed by atoms with van der Waals surface area (Å²) in [6.07, 6.45) is 0. The largest absolute Gasteiger partial charge is 0.339 e. The number of nitrogens with one attached hydrogen (secondary N) is 2. The van der Waals surface area contributed by atoms with Gasteiger partial charge in [0.05, 0.1) is 0 Å². The van der Waals surface area contributed by atoms with E-state index in [9.17, 15) is 0 Å². The van der Waals surface area contributed by atoms with Crippen LogP contribution in [0.25, 0.3) is 0 Å². The Morgan fingerprint density at radius 3 is 2.50 bits per heavy atom. The van der Waals surface area contributed by atoms with E-state index >= 15 is 0 Å². The van der Waals surface area contributed by atoms with Crippen molar-refractivity contribution >= 4 is 23.7 Å². The zero-order valence-electron chi connectivity index (χ0n) is 10.7. The van der Waals surface area contributed by atoms with Crippen LogP contribution in [0.5, 0.6) is 0 Å². The molecule has 0 aliphatic heterocycles. The smallest absolute Gasteiger partial charge is 0.215 e. The minimum atomic E-state index is 0.377. The Labute approximate surface area is 111 Å². The highest BCUT2D eigenvalue weighted by Gasteiger charge is 2.03. The summed E-state index contributed by atoms with van der Waals surface area (Å²) in [5, 5.41) is 9.95. The number of aromatic nitrogens is 3. The number of hydrogen-bond acceptors (Lipinski definition) is 4. The van der Waals surface area contributed by atoms with Gasteiger partial charge in [-0.2, -0.15) is 10.1 Å². The summed E-state index contributed by atoms with van der Waals surface area (Å²) < 4.78 is 0.377. The Kier molecular flexibility index (Phi) is 3.72. The maximum Gasteiger partial charge on any atom is 0.215 e. The van der Waals surface area contributed by atoms with Crippen LogP contribution < -0.4 is 5.32 Å². The molecule has 0 fully saturated rings. The van der Waals surface area contributed by atoms with Gasteiger partial charge >= 0.3 is 0 Å². The van der Waals surface area contributed by atoms with E-state index in [1.165, 1.54) is 5.56 Å². The van der Waals surface area contributed by atoms with Gasteiger partial charge in [-0.05, 0) is 42.8 Å². The van der Waals surface area contributed by atoms with Crippen LogP contribution in [0.3, 0.4) is 0 Å². The second kappa shape index (κ2) is 5.27. The van der Waals surface area contributed by atoms with Gasteiger partial charge in [0.2, 0.25) is 4.77 Å². The summed E-state index contributed by atoms with van der Waals surface area (Å²) >= 11 is 4.96. The molecule has 1 aromatic heterocycles. The first kappa shape index (κ1) is 12.7. The number of aryl methyl sites for hydroxylation is 1. The standard InChI is InChI=1S/C13H16N4S/c1-8(2)10-4-6-11(7-5-10)14-12-9(3)16-17-13(18)15-12/h4-8H,1-3H3,(H2,14,15,17,18). The molecule has 0 aliphatic carbocycles. The van der Waals surface area contributed by atoms with Crippen molar-refractivity contribution in [3.05, 3.63) is 40.3 Å². The van der Waals surface area contributed by atoms with Gasteiger partial charge in [0.15, 0.2) is 5.82 Å². The van der Waals surface area contributed by atoms with E-state index in [4.69, 9.17) is 12.2 Å². The molecular formula is C13H16N4S. The number of anilines is 2. The molecule has 5 heteroatoms. The van der Waals surface area contributed by atoms with Gasteiger partial charge in [-0.1, -0.05) is 26.0 Å². The van der Waals surface area contributed by atoms with Gasteiger partial charge in [0.25, 0.3) is 0 Å². The number of rotatable bonds is 3. The lowest BCUT2D eigenvalue weighted by Crippen LogP contribution is -2.01. The molecule has 2 rings (SSSR count). The first-order chi connectivity index (χ1) is 8.56. The zero-order valence-corrected chi connectivity index (χ0v) is 11.5. The van der Waals surface area contributed by atoms with E-state index in [0.29, 0.717) is 16.5 Å². The van der Waals surface area contributed by atoms with E-state index < -0.39 is 0 Å². The molecule has 0 atom stereocenters. The van der Waals surface area contributed by atoms with Crippen LogP contribution in [-0.4, -0.2) is 15.2 Å². The van der Waals surface area contributed by atoms with Crippen LogP contribution in [0.4, 0.5) is 11.5 Å². The maximum absolute atomic E-state index is 4.96. The van der Waals surface area contributed by atoms with Crippen molar-refractivity contribution in [1.82, 2.24) is 15.2 Å². The number of aromatic amines is 1. The third kappa shape index (κ3) is 2.92. The number of benzene rings is 1. The summed E-state index contributed by atoms with van der Waals surface area (Å²) in [7, 11) is 0. The maximum atomic E-state index is 4.96. The summed E-state index contributed by atoms with van der Waals surface area (Å²) in [4.78, 5) is 4.21. The van der Waals surface area contributed by atoms with Crippen LogP contribution in [-0.2, 0) is 0 Å². The number of hydrogen-bond donors (Lipinski definition) is 2. The molecule has 0 bridgehead atoms. The lowest BCUT2D eigenvalue weighted by atomic mass is 10.0. The third-order valence-electron chi connectivity index (χ3n) is 2.72. The van der Waals surface area contributed by atoms with Gasteiger partial charge < -0.3 is 5.32 Å². The van der Waals surface area contributed by atoms with Crippen molar-refractivity contribution in [2.45, 2.75) is 26.7 Å². The SMILES string of the molecule is Cc1n[nH]c(=S)nc1Nc1ccc(C(C)C)cc1. The predicted molar refractivity (Wildman–Crippen MR) is 75.8 cm³/mol. The second-order valence-corrected chi connectivity index (χ2v) is 4.86. The van der Waals surface area contributed by atoms with Gasteiger partial charge in [-0.3, -0.25) is 5.10 Å². The number of H-pyrrole nitrogens is 1. The minimum absolute atomic E-state index is 0.377. The second-order valence-electron chi connectivity index (χ2n) is 4.48. The van der Waals surface area contributed by atoms with Gasteiger partial charge in [-0.15, -0.1) is 0 Å². The Bertz CT molecular complexity index is 587. The molecule has 0 spiro atoms.